The van der Waals surface area contributed by atoms with Gasteiger partial charge in [-0.1, -0.05) is 146 Å². The van der Waals surface area contributed by atoms with Gasteiger partial charge < -0.3 is 4.74 Å². The zero-order chi connectivity index (χ0) is 35.6. The molecule has 54 heavy (non-hydrogen) atoms. The van der Waals surface area contributed by atoms with Gasteiger partial charge in [-0.3, -0.25) is 0 Å². The SMILES string of the molecule is CC1(c2ccccc2)c2cc(-c3ccc4c(c3)C3(c5cc6ccccc6cc5O4)c4ccccc4-c4ccccc43)ccc2-c2cc3ccccc3cc21. The van der Waals surface area contributed by atoms with Gasteiger partial charge in [-0.15, -0.1) is 0 Å². The van der Waals surface area contributed by atoms with E-state index in [1.807, 2.05) is 0 Å². The van der Waals surface area contributed by atoms with Crippen molar-refractivity contribution < 1.29 is 4.74 Å². The summed E-state index contributed by atoms with van der Waals surface area (Å²) in [6.07, 6.45) is 0. The number of benzene rings is 9. The van der Waals surface area contributed by atoms with Crippen LogP contribution in [0.15, 0.2) is 188 Å². The Labute approximate surface area is 314 Å². The molecule has 0 saturated carbocycles. The Hall–Kier alpha value is -6.70. The van der Waals surface area contributed by atoms with Crippen LogP contribution in [-0.4, -0.2) is 0 Å². The highest BCUT2D eigenvalue weighted by molar-refractivity contribution is 5.96. The summed E-state index contributed by atoms with van der Waals surface area (Å²) in [6.45, 7) is 2.41. The van der Waals surface area contributed by atoms with Crippen LogP contribution in [0.1, 0.15) is 45.9 Å². The highest BCUT2D eigenvalue weighted by Gasteiger charge is 2.51. The van der Waals surface area contributed by atoms with Crippen molar-refractivity contribution in [1.29, 1.82) is 0 Å². The Morgan fingerprint density at radius 2 is 0.815 bits per heavy atom. The van der Waals surface area contributed by atoms with E-state index in [1.165, 1.54) is 93.9 Å². The summed E-state index contributed by atoms with van der Waals surface area (Å²) in [5.74, 6) is 1.82. The van der Waals surface area contributed by atoms with E-state index in [0.717, 1.165) is 11.5 Å². The maximum atomic E-state index is 6.94. The second-order valence-corrected chi connectivity index (χ2v) is 15.3. The van der Waals surface area contributed by atoms with Gasteiger partial charge in [0.1, 0.15) is 11.5 Å². The predicted octanol–water partition coefficient (Wildman–Crippen LogP) is 13.5. The van der Waals surface area contributed by atoms with Gasteiger partial charge >= 0.3 is 0 Å². The van der Waals surface area contributed by atoms with Crippen LogP contribution in [0.4, 0.5) is 0 Å². The molecule has 1 nitrogen and oxygen atoms in total. The molecule has 1 spiro atoms. The smallest absolute Gasteiger partial charge is 0.132 e. The van der Waals surface area contributed by atoms with Crippen LogP contribution >= 0.6 is 0 Å². The fraction of sp³-hybridized carbons (Fsp3) is 0.0566. The molecule has 1 aliphatic heterocycles. The van der Waals surface area contributed by atoms with Gasteiger partial charge in [0.25, 0.3) is 0 Å². The topological polar surface area (TPSA) is 9.23 Å². The van der Waals surface area contributed by atoms with Crippen LogP contribution in [0, 0.1) is 0 Å². The number of rotatable bonds is 2. The maximum Gasteiger partial charge on any atom is 0.132 e. The average Bonchev–Trinajstić information content (AvgIpc) is 3.66. The molecule has 3 aliphatic rings. The molecule has 9 aromatic carbocycles. The quantitative estimate of drug-likeness (QED) is 0.176. The fourth-order valence-corrected chi connectivity index (χ4v) is 10.2. The lowest BCUT2D eigenvalue weighted by Crippen LogP contribution is -2.32. The summed E-state index contributed by atoms with van der Waals surface area (Å²) in [5, 5.41) is 4.94. The molecule has 1 atom stereocenters. The van der Waals surface area contributed by atoms with E-state index in [-0.39, 0.29) is 5.41 Å². The highest BCUT2D eigenvalue weighted by atomic mass is 16.5. The molecule has 1 unspecified atom stereocenters. The Balaban J connectivity index is 1.11. The molecular weight excluding hydrogens is 653 g/mol. The van der Waals surface area contributed by atoms with E-state index in [2.05, 4.69) is 195 Å². The summed E-state index contributed by atoms with van der Waals surface area (Å²) in [4.78, 5) is 0. The highest BCUT2D eigenvalue weighted by Crippen LogP contribution is 2.63. The van der Waals surface area contributed by atoms with Crippen molar-refractivity contribution in [3.8, 4) is 44.9 Å². The van der Waals surface area contributed by atoms with Gasteiger partial charge in [-0.2, -0.15) is 0 Å². The molecule has 12 rings (SSSR count). The van der Waals surface area contributed by atoms with Crippen molar-refractivity contribution in [2.75, 3.05) is 0 Å². The van der Waals surface area contributed by atoms with Gasteiger partial charge in [0.05, 0.1) is 5.41 Å². The van der Waals surface area contributed by atoms with Crippen molar-refractivity contribution in [2.24, 2.45) is 0 Å². The van der Waals surface area contributed by atoms with E-state index in [4.69, 9.17) is 4.74 Å². The summed E-state index contributed by atoms with van der Waals surface area (Å²) in [5.41, 5.74) is 15.7. The fourth-order valence-electron chi connectivity index (χ4n) is 10.2. The van der Waals surface area contributed by atoms with E-state index < -0.39 is 5.41 Å². The van der Waals surface area contributed by atoms with Crippen LogP contribution in [0.3, 0.4) is 0 Å². The average molecular weight is 687 g/mol. The first-order chi connectivity index (χ1) is 26.6. The number of hydrogen-bond acceptors (Lipinski definition) is 1. The summed E-state index contributed by atoms with van der Waals surface area (Å²) >= 11 is 0. The summed E-state index contributed by atoms with van der Waals surface area (Å²) < 4.78 is 6.94. The zero-order valence-electron chi connectivity index (χ0n) is 29.8. The largest absolute Gasteiger partial charge is 0.457 e. The zero-order valence-corrected chi connectivity index (χ0v) is 29.8. The molecule has 2 aliphatic carbocycles. The lowest BCUT2D eigenvalue weighted by Gasteiger charge is -2.40. The minimum Gasteiger partial charge on any atom is -0.457 e. The van der Waals surface area contributed by atoms with Crippen LogP contribution in [0.5, 0.6) is 11.5 Å². The molecule has 0 bridgehead atoms. The third-order valence-corrected chi connectivity index (χ3v) is 12.8. The summed E-state index contributed by atoms with van der Waals surface area (Å²) in [7, 11) is 0. The molecule has 1 heterocycles. The lowest BCUT2D eigenvalue weighted by molar-refractivity contribution is 0.437. The maximum absolute atomic E-state index is 6.94. The molecule has 0 fully saturated rings. The first-order valence-electron chi connectivity index (χ1n) is 18.9. The first kappa shape index (κ1) is 29.8. The first-order valence-corrected chi connectivity index (χ1v) is 18.9. The van der Waals surface area contributed by atoms with Crippen LogP contribution in [0.2, 0.25) is 0 Å². The Morgan fingerprint density at radius 1 is 0.333 bits per heavy atom. The second-order valence-electron chi connectivity index (χ2n) is 15.3. The minimum atomic E-state index is -0.540. The normalized spacial score (nSPS) is 16.6. The van der Waals surface area contributed by atoms with Crippen molar-refractivity contribution in [3.63, 3.8) is 0 Å². The van der Waals surface area contributed by atoms with E-state index in [0.29, 0.717) is 0 Å². The Kier molecular flexibility index (Phi) is 5.90. The molecule has 0 saturated heterocycles. The third-order valence-electron chi connectivity index (χ3n) is 12.8. The standard InChI is InChI=1S/C53H34O/c1-52(39-17-3-2-4-18-39)46-29-37(23-25-42(46)43-27-33-13-5-6-14-34(33)28-47(43)52)38-24-26-50-48(31-38)53(49-30-35-15-7-8-16-36(35)32-51(49)54-50)44-21-11-9-19-40(44)41-20-10-12-22-45(41)53/h2-32H,1H3. The Bertz CT molecular complexity index is 3000. The molecule has 252 valence electrons. The van der Waals surface area contributed by atoms with Crippen molar-refractivity contribution in [2.45, 2.75) is 17.8 Å². The van der Waals surface area contributed by atoms with E-state index in [1.54, 1.807) is 0 Å². The van der Waals surface area contributed by atoms with Crippen LogP contribution in [0.25, 0.3) is 54.9 Å². The molecule has 0 aromatic heterocycles. The molecule has 1 heteroatoms. The number of fused-ring (bicyclic) bond motifs is 14. The number of ether oxygens (including phenoxy) is 1. The number of hydrogen-bond donors (Lipinski definition) is 0. The third kappa shape index (κ3) is 3.78. The Morgan fingerprint density at radius 3 is 1.50 bits per heavy atom. The molecule has 0 N–H and O–H groups in total. The predicted molar refractivity (Wildman–Crippen MR) is 222 cm³/mol. The minimum absolute atomic E-state index is 0.312. The van der Waals surface area contributed by atoms with Crippen molar-refractivity contribution >= 4 is 21.5 Å². The van der Waals surface area contributed by atoms with E-state index in [9.17, 15) is 0 Å². The van der Waals surface area contributed by atoms with Crippen molar-refractivity contribution in [1.82, 2.24) is 0 Å². The molecule has 0 amide bonds. The van der Waals surface area contributed by atoms with Gasteiger partial charge in [-0.25, -0.2) is 0 Å². The second kappa shape index (κ2) is 10.7. The molecule has 9 aromatic rings. The van der Waals surface area contributed by atoms with Gasteiger partial charge in [-0.05, 0) is 132 Å². The lowest BCUT2D eigenvalue weighted by atomic mass is 9.65. The van der Waals surface area contributed by atoms with Gasteiger partial charge in [0.15, 0.2) is 0 Å². The monoisotopic (exact) mass is 686 g/mol. The molecular formula is C53H34O. The van der Waals surface area contributed by atoms with Crippen molar-refractivity contribution in [3.05, 3.63) is 227 Å². The van der Waals surface area contributed by atoms with Crippen LogP contribution in [-0.2, 0) is 10.8 Å². The van der Waals surface area contributed by atoms with Gasteiger partial charge in [0, 0.05) is 16.5 Å². The van der Waals surface area contributed by atoms with E-state index >= 15 is 0 Å². The summed E-state index contributed by atoms with van der Waals surface area (Å²) in [6, 6.07) is 69.8. The van der Waals surface area contributed by atoms with Crippen LogP contribution < -0.4 is 4.74 Å². The molecule has 0 radical (unpaired) electrons. The van der Waals surface area contributed by atoms with Gasteiger partial charge in [0.2, 0.25) is 0 Å².